The third-order valence-corrected chi connectivity index (χ3v) is 8.38. The van der Waals surface area contributed by atoms with Gasteiger partial charge in [0.2, 0.25) is 0 Å². The van der Waals surface area contributed by atoms with Crippen LogP contribution < -0.4 is 5.73 Å². The van der Waals surface area contributed by atoms with E-state index in [0.29, 0.717) is 5.56 Å². The highest BCUT2D eigenvalue weighted by Gasteiger charge is 2.49. The lowest BCUT2D eigenvalue weighted by Gasteiger charge is -2.38. The second kappa shape index (κ2) is 7.42. The van der Waals surface area contributed by atoms with Gasteiger partial charge in [-0.3, -0.25) is 9.79 Å². The lowest BCUT2D eigenvalue weighted by atomic mass is 9.90. The number of carbonyl (C=O) groups excluding carboxylic acids is 1. The summed E-state index contributed by atoms with van der Waals surface area (Å²) in [6.45, 7) is 4.38. The van der Waals surface area contributed by atoms with Crippen molar-refractivity contribution in [3.05, 3.63) is 69.7 Å². The second-order valence-electron chi connectivity index (χ2n) is 8.08. The Morgan fingerprint density at radius 3 is 2.40 bits per heavy atom. The number of nitrogens with two attached hydrogens (primary N) is 1. The summed E-state index contributed by atoms with van der Waals surface area (Å²) < 4.78 is 52.8. The van der Waals surface area contributed by atoms with Crippen molar-refractivity contribution in [1.82, 2.24) is 0 Å². The molecule has 30 heavy (non-hydrogen) atoms. The maximum Gasteiger partial charge on any atom is 0.170 e. The topological polar surface area (TPSA) is 89.6 Å². The van der Waals surface area contributed by atoms with E-state index in [1.165, 1.54) is 45.0 Å². The fourth-order valence-corrected chi connectivity index (χ4v) is 5.22. The fourth-order valence-electron chi connectivity index (χ4n) is 3.37. The predicted octanol–water partition coefficient (Wildman–Crippen LogP) is 3.82. The van der Waals surface area contributed by atoms with Gasteiger partial charge in [0.05, 0.1) is 11.3 Å². The third kappa shape index (κ3) is 3.86. The van der Waals surface area contributed by atoms with Crippen LogP contribution in [0.1, 0.15) is 42.3 Å². The fraction of sp³-hybridized carbons (Fsp3) is 0.333. The number of rotatable bonds is 4. The highest BCUT2D eigenvalue weighted by Crippen LogP contribution is 2.38. The summed E-state index contributed by atoms with van der Waals surface area (Å²) in [7, 11) is -3.72. The number of sulfone groups is 1. The molecule has 2 aromatic rings. The van der Waals surface area contributed by atoms with Crippen molar-refractivity contribution in [2.24, 2.45) is 10.7 Å². The van der Waals surface area contributed by atoms with Crippen molar-refractivity contribution >= 4 is 33.1 Å². The summed E-state index contributed by atoms with van der Waals surface area (Å²) >= 11 is 5.71. The first-order chi connectivity index (χ1) is 13.8. The van der Waals surface area contributed by atoms with Crippen LogP contribution in [0, 0.1) is 11.6 Å². The van der Waals surface area contributed by atoms with Crippen LogP contribution in [0.3, 0.4) is 0 Å². The molecule has 2 aromatic carbocycles. The van der Waals surface area contributed by atoms with Gasteiger partial charge in [-0.15, -0.1) is 0 Å². The number of hydrogen-bond donors (Lipinski definition) is 1. The first-order valence-corrected chi connectivity index (χ1v) is 11.2. The minimum Gasteiger partial charge on any atom is -0.386 e. The minimum atomic E-state index is -3.72. The van der Waals surface area contributed by atoms with Crippen LogP contribution in [-0.2, 0) is 21.8 Å². The van der Waals surface area contributed by atoms with Gasteiger partial charge < -0.3 is 5.73 Å². The Balaban J connectivity index is 2.00. The molecular weight excluding hydrogens is 434 g/mol. The van der Waals surface area contributed by atoms with E-state index in [1.807, 2.05) is 0 Å². The van der Waals surface area contributed by atoms with Crippen LogP contribution in [0.2, 0.25) is 5.02 Å². The normalized spacial score (nSPS) is 22.4. The smallest absolute Gasteiger partial charge is 0.170 e. The molecule has 0 saturated heterocycles. The van der Waals surface area contributed by atoms with Crippen molar-refractivity contribution in [3.63, 3.8) is 0 Å². The van der Waals surface area contributed by atoms with E-state index in [0.717, 1.165) is 12.1 Å². The Hall–Kier alpha value is -2.32. The summed E-state index contributed by atoms with van der Waals surface area (Å²) in [6, 6.07) is 7.64. The largest absolute Gasteiger partial charge is 0.386 e. The van der Waals surface area contributed by atoms with E-state index in [2.05, 4.69) is 4.99 Å². The van der Waals surface area contributed by atoms with Gasteiger partial charge in [0.25, 0.3) is 0 Å². The molecule has 0 spiro atoms. The molecule has 0 radical (unpaired) electrons. The molecule has 9 heteroatoms. The number of hydrogen-bond acceptors (Lipinski definition) is 5. The monoisotopic (exact) mass is 454 g/mol. The Labute approximate surface area is 178 Å². The highest BCUT2D eigenvalue weighted by molar-refractivity contribution is 7.93. The molecule has 160 valence electrons. The van der Waals surface area contributed by atoms with Crippen LogP contribution in [0.4, 0.5) is 8.78 Å². The first kappa shape index (κ1) is 22.4. The number of ketones is 1. The first-order valence-electron chi connectivity index (χ1n) is 9.12. The summed E-state index contributed by atoms with van der Waals surface area (Å²) in [5.41, 5.74) is 4.72. The minimum absolute atomic E-state index is 0.00593. The van der Waals surface area contributed by atoms with E-state index in [1.54, 1.807) is 0 Å². The molecule has 1 heterocycles. The molecule has 0 amide bonds. The molecule has 1 atom stereocenters. The van der Waals surface area contributed by atoms with Gasteiger partial charge in [-0.25, -0.2) is 17.2 Å². The van der Waals surface area contributed by atoms with Gasteiger partial charge in [0, 0.05) is 17.0 Å². The summed E-state index contributed by atoms with van der Waals surface area (Å²) in [6.07, 6.45) is -0.209. The highest BCUT2D eigenvalue weighted by atomic mass is 35.5. The Morgan fingerprint density at radius 1 is 1.13 bits per heavy atom. The number of halogens is 3. The standard InChI is InChI=1S/C21H21ClF2N2O3S/c1-20(2)19(25)26-21(3,11-30(20,28)29)15-8-12(4-7-16(15)23)9-18(27)14-6-5-13(22)10-17(14)24/h4-8,10H,9,11H2,1-3H3,(H2,25,26)/t21-/m0/s1. The van der Waals surface area contributed by atoms with E-state index in [4.69, 9.17) is 17.3 Å². The maximum absolute atomic E-state index is 14.7. The molecule has 0 saturated carbocycles. The van der Waals surface area contributed by atoms with Crippen LogP contribution >= 0.6 is 11.6 Å². The summed E-state index contributed by atoms with van der Waals surface area (Å²) in [5.74, 6) is -2.49. The number of nitrogens with zero attached hydrogens (tertiary/aromatic N) is 1. The predicted molar refractivity (Wildman–Crippen MR) is 113 cm³/mol. The zero-order valence-corrected chi connectivity index (χ0v) is 18.2. The number of carbonyl (C=O) groups is 1. The molecule has 0 bridgehead atoms. The van der Waals surface area contributed by atoms with Crippen LogP contribution in [0.5, 0.6) is 0 Å². The van der Waals surface area contributed by atoms with Crippen molar-refractivity contribution in [1.29, 1.82) is 0 Å². The molecular formula is C21H21ClF2N2O3S. The summed E-state index contributed by atoms with van der Waals surface area (Å²) in [5, 5.41) is 0.165. The van der Waals surface area contributed by atoms with Gasteiger partial charge in [-0.1, -0.05) is 17.7 Å². The van der Waals surface area contributed by atoms with Crippen molar-refractivity contribution in [3.8, 4) is 0 Å². The molecule has 1 aliphatic rings. The number of Topliss-reactive ketones (excluding diaryl/α,β-unsaturated/α-hetero) is 1. The third-order valence-electron chi connectivity index (χ3n) is 5.44. The molecule has 3 rings (SSSR count). The van der Waals surface area contributed by atoms with Crippen LogP contribution in [-0.4, -0.2) is 30.5 Å². The van der Waals surface area contributed by atoms with Gasteiger partial charge in [-0.2, -0.15) is 0 Å². The Morgan fingerprint density at radius 2 is 1.80 bits per heavy atom. The van der Waals surface area contributed by atoms with Crippen molar-refractivity contribution in [2.75, 3.05) is 5.75 Å². The van der Waals surface area contributed by atoms with Crippen molar-refractivity contribution in [2.45, 2.75) is 37.5 Å². The van der Waals surface area contributed by atoms with Crippen molar-refractivity contribution < 1.29 is 22.0 Å². The maximum atomic E-state index is 14.7. The quantitative estimate of drug-likeness (QED) is 0.711. The SMILES string of the molecule is CC1(C)C(N)=N[C@](C)(c2cc(CC(=O)c3ccc(Cl)cc3F)ccc2F)CS1(=O)=O. The van der Waals surface area contributed by atoms with Gasteiger partial charge >= 0.3 is 0 Å². The van der Waals surface area contributed by atoms with Crippen LogP contribution in [0.15, 0.2) is 41.4 Å². The van der Waals surface area contributed by atoms with E-state index >= 15 is 0 Å². The Kier molecular flexibility index (Phi) is 5.54. The average molecular weight is 455 g/mol. The second-order valence-corrected chi connectivity index (χ2v) is 11.1. The lowest BCUT2D eigenvalue weighted by molar-refractivity contribution is 0.0989. The molecule has 0 aromatic heterocycles. The number of aliphatic imine (C=N–C) groups is 1. The molecule has 2 N–H and O–H groups in total. The Bertz CT molecular complexity index is 1180. The van der Waals surface area contributed by atoms with Crippen LogP contribution in [0.25, 0.3) is 0 Å². The zero-order chi connectivity index (χ0) is 22.5. The molecule has 0 aliphatic carbocycles. The van der Waals surface area contributed by atoms with Gasteiger partial charge in [0.15, 0.2) is 15.6 Å². The van der Waals surface area contributed by atoms with E-state index in [9.17, 15) is 22.0 Å². The van der Waals surface area contributed by atoms with Gasteiger partial charge in [0.1, 0.15) is 27.8 Å². The van der Waals surface area contributed by atoms with E-state index in [-0.39, 0.29) is 28.4 Å². The number of benzene rings is 2. The zero-order valence-electron chi connectivity index (χ0n) is 16.7. The summed E-state index contributed by atoms with van der Waals surface area (Å²) in [4.78, 5) is 16.8. The molecule has 1 aliphatic heterocycles. The molecule has 0 unspecified atom stereocenters. The molecule has 5 nitrogen and oxygen atoms in total. The molecule has 0 fully saturated rings. The lowest BCUT2D eigenvalue weighted by Crippen LogP contribution is -2.55. The average Bonchev–Trinajstić information content (AvgIpc) is 2.61. The number of amidine groups is 1. The van der Waals surface area contributed by atoms with E-state index < -0.39 is 43.3 Å². The van der Waals surface area contributed by atoms with Gasteiger partial charge in [-0.05, 0) is 56.7 Å².